The normalized spacial score (nSPS) is 23.4. The molecule has 19 heavy (non-hydrogen) atoms. The van der Waals surface area contributed by atoms with E-state index >= 15 is 0 Å². The van der Waals surface area contributed by atoms with E-state index in [1.165, 1.54) is 12.1 Å². The molecule has 0 aromatic heterocycles. The molecule has 0 radical (unpaired) electrons. The summed E-state index contributed by atoms with van der Waals surface area (Å²) in [5, 5.41) is 3.37. The Bertz CT molecular complexity index is 513. The average molecular weight is 285 g/mol. The van der Waals surface area contributed by atoms with Crippen molar-refractivity contribution in [2.75, 3.05) is 18.1 Å². The second kappa shape index (κ2) is 6.01. The van der Waals surface area contributed by atoms with Crippen LogP contribution in [-0.4, -0.2) is 32.5 Å². The summed E-state index contributed by atoms with van der Waals surface area (Å²) in [6.07, 6.45) is 1.58. The minimum Gasteiger partial charge on any atom is -0.314 e. The lowest BCUT2D eigenvalue weighted by Gasteiger charge is -2.16. The topological polar surface area (TPSA) is 46.2 Å². The standard InChI is InChI=1S/C14H20FNO2S/c1-11(8-12-2-4-14(15)5-3-12)16-9-13-6-7-19(17,18)10-13/h2-5,11,13,16H,6-10H2,1H3. The van der Waals surface area contributed by atoms with E-state index in [1.807, 2.05) is 0 Å². The molecule has 1 aromatic rings. The SMILES string of the molecule is CC(Cc1ccc(F)cc1)NCC1CCS(=O)(=O)C1. The summed E-state index contributed by atoms with van der Waals surface area (Å²) in [6.45, 7) is 2.80. The van der Waals surface area contributed by atoms with Crippen molar-refractivity contribution in [3.63, 3.8) is 0 Å². The van der Waals surface area contributed by atoms with E-state index in [4.69, 9.17) is 0 Å². The Morgan fingerprint density at radius 2 is 2.05 bits per heavy atom. The molecule has 1 aromatic carbocycles. The molecule has 1 N–H and O–H groups in total. The summed E-state index contributed by atoms with van der Waals surface area (Å²) in [5.74, 6) is 0.649. The van der Waals surface area contributed by atoms with Gasteiger partial charge in [-0.2, -0.15) is 0 Å². The van der Waals surface area contributed by atoms with Gasteiger partial charge in [-0.3, -0.25) is 0 Å². The monoisotopic (exact) mass is 285 g/mol. The fourth-order valence-corrected chi connectivity index (χ4v) is 4.31. The van der Waals surface area contributed by atoms with Crippen molar-refractivity contribution in [2.45, 2.75) is 25.8 Å². The molecule has 1 aliphatic heterocycles. The Balaban J connectivity index is 1.76. The lowest BCUT2D eigenvalue weighted by Crippen LogP contribution is -2.33. The largest absolute Gasteiger partial charge is 0.314 e. The third-order valence-electron chi connectivity index (χ3n) is 3.54. The van der Waals surface area contributed by atoms with Crippen LogP contribution in [-0.2, 0) is 16.3 Å². The van der Waals surface area contributed by atoms with Gasteiger partial charge in [0.05, 0.1) is 11.5 Å². The van der Waals surface area contributed by atoms with Gasteiger partial charge in [0, 0.05) is 6.04 Å². The number of hydrogen-bond acceptors (Lipinski definition) is 3. The Kier molecular flexibility index (Phi) is 4.58. The summed E-state index contributed by atoms with van der Waals surface area (Å²) in [5.41, 5.74) is 1.08. The minimum atomic E-state index is -2.79. The van der Waals surface area contributed by atoms with Crippen LogP contribution in [0.2, 0.25) is 0 Å². The first-order valence-corrected chi connectivity index (χ1v) is 8.45. The third kappa shape index (κ3) is 4.58. The Morgan fingerprint density at radius 3 is 2.63 bits per heavy atom. The van der Waals surface area contributed by atoms with Crippen LogP contribution < -0.4 is 5.32 Å². The van der Waals surface area contributed by atoms with Crippen molar-refractivity contribution in [3.05, 3.63) is 35.6 Å². The van der Waals surface area contributed by atoms with Gasteiger partial charge in [-0.25, -0.2) is 12.8 Å². The van der Waals surface area contributed by atoms with Gasteiger partial charge in [0.25, 0.3) is 0 Å². The quantitative estimate of drug-likeness (QED) is 0.897. The molecule has 2 unspecified atom stereocenters. The van der Waals surface area contributed by atoms with Crippen LogP contribution >= 0.6 is 0 Å². The molecular weight excluding hydrogens is 265 g/mol. The molecule has 3 nitrogen and oxygen atoms in total. The van der Waals surface area contributed by atoms with E-state index in [1.54, 1.807) is 12.1 Å². The van der Waals surface area contributed by atoms with Crippen LogP contribution in [0.15, 0.2) is 24.3 Å². The van der Waals surface area contributed by atoms with Crippen LogP contribution in [0.1, 0.15) is 18.9 Å². The maximum absolute atomic E-state index is 12.8. The van der Waals surface area contributed by atoms with Crippen molar-refractivity contribution in [1.29, 1.82) is 0 Å². The molecule has 1 aliphatic rings. The molecular formula is C14H20FNO2S. The van der Waals surface area contributed by atoms with Gasteiger partial charge in [0.2, 0.25) is 0 Å². The van der Waals surface area contributed by atoms with Crippen LogP contribution in [0.5, 0.6) is 0 Å². The zero-order chi connectivity index (χ0) is 13.9. The van der Waals surface area contributed by atoms with E-state index in [9.17, 15) is 12.8 Å². The van der Waals surface area contributed by atoms with Gasteiger partial charge < -0.3 is 5.32 Å². The summed E-state index contributed by atoms with van der Waals surface area (Å²) >= 11 is 0. The average Bonchev–Trinajstić information content (AvgIpc) is 2.69. The molecule has 0 saturated carbocycles. The van der Waals surface area contributed by atoms with Crippen LogP contribution in [0.4, 0.5) is 4.39 Å². The number of nitrogens with one attached hydrogen (secondary N) is 1. The summed E-state index contributed by atoms with van der Waals surface area (Å²) in [7, 11) is -2.79. The van der Waals surface area contributed by atoms with Gasteiger partial charge in [-0.05, 0) is 49.9 Å². The Labute approximate surface area is 114 Å². The van der Waals surface area contributed by atoms with E-state index in [2.05, 4.69) is 12.2 Å². The number of benzene rings is 1. The fraction of sp³-hybridized carbons (Fsp3) is 0.571. The summed E-state index contributed by atoms with van der Waals surface area (Å²) in [6, 6.07) is 6.76. The second-order valence-electron chi connectivity index (χ2n) is 5.41. The van der Waals surface area contributed by atoms with Crippen LogP contribution in [0.25, 0.3) is 0 Å². The first-order chi connectivity index (χ1) is 8.94. The molecule has 5 heteroatoms. The highest BCUT2D eigenvalue weighted by Crippen LogP contribution is 2.17. The van der Waals surface area contributed by atoms with Crippen LogP contribution in [0.3, 0.4) is 0 Å². The summed E-state index contributed by atoms with van der Waals surface area (Å²) in [4.78, 5) is 0. The molecule has 2 atom stereocenters. The van der Waals surface area contributed by atoms with E-state index in [0.717, 1.165) is 24.9 Å². The van der Waals surface area contributed by atoms with Gasteiger partial charge in [0.1, 0.15) is 5.82 Å². The van der Waals surface area contributed by atoms with Crippen molar-refractivity contribution in [2.24, 2.45) is 5.92 Å². The molecule has 2 rings (SSSR count). The fourth-order valence-electron chi connectivity index (χ4n) is 2.45. The minimum absolute atomic E-state index is 0.222. The van der Waals surface area contributed by atoms with Crippen molar-refractivity contribution < 1.29 is 12.8 Å². The Morgan fingerprint density at radius 1 is 1.37 bits per heavy atom. The van der Waals surface area contributed by atoms with Crippen LogP contribution in [0, 0.1) is 11.7 Å². The summed E-state index contributed by atoms with van der Waals surface area (Å²) < 4.78 is 35.5. The molecule has 0 aliphatic carbocycles. The number of sulfone groups is 1. The lowest BCUT2D eigenvalue weighted by molar-refractivity contribution is 0.464. The second-order valence-corrected chi connectivity index (χ2v) is 7.64. The van der Waals surface area contributed by atoms with Gasteiger partial charge in [-0.1, -0.05) is 12.1 Å². The molecule has 0 amide bonds. The van der Waals surface area contributed by atoms with Gasteiger partial charge in [-0.15, -0.1) is 0 Å². The highest BCUT2D eigenvalue weighted by Gasteiger charge is 2.27. The lowest BCUT2D eigenvalue weighted by atomic mass is 10.1. The molecule has 1 fully saturated rings. The maximum Gasteiger partial charge on any atom is 0.150 e. The van der Waals surface area contributed by atoms with Crippen molar-refractivity contribution in [3.8, 4) is 0 Å². The zero-order valence-corrected chi connectivity index (χ0v) is 11.9. The van der Waals surface area contributed by atoms with Gasteiger partial charge >= 0.3 is 0 Å². The third-order valence-corrected chi connectivity index (χ3v) is 5.37. The first-order valence-electron chi connectivity index (χ1n) is 6.63. The molecule has 0 bridgehead atoms. The highest BCUT2D eigenvalue weighted by molar-refractivity contribution is 7.91. The molecule has 1 heterocycles. The maximum atomic E-state index is 12.8. The van der Waals surface area contributed by atoms with E-state index in [0.29, 0.717) is 11.5 Å². The molecule has 106 valence electrons. The molecule has 0 spiro atoms. The zero-order valence-electron chi connectivity index (χ0n) is 11.1. The van der Waals surface area contributed by atoms with E-state index < -0.39 is 9.84 Å². The predicted molar refractivity (Wildman–Crippen MR) is 74.3 cm³/mol. The van der Waals surface area contributed by atoms with Gasteiger partial charge in [0.15, 0.2) is 9.84 Å². The number of hydrogen-bond donors (Lipinski definition) is 1. The molecule has 1 saturated heterocycles. The highest BCUT2D eigenvalue weighted by atomic mass is 32.2. The predicted octanol–water partition coefficient (Wildman–Crippen LogP) is 1.78. The Hall–Kier alpha value is -0.940. The van der Waals surface area contributed by atoms with Crippen molar-refractivity contribution in [1.82, 2.24) is 5.32 Å². The van der Waals surface area contributed by atoms with E-state index in [-0.39, 0.29) is 17.8 Å². The first kappa shape index (κ1) is 14.5. The number of halogens is 1. The number of rotatable bonds is 5. The smallest absolute Gasteiger partial charge is 0.150 e. The van der Waals surface area contributed by atoms with Crippen molar-refractivity contribution >= 4 is 9.84 Å².